The molecule has 1 fully saturated rings. The predicted octanol–water partition coefficient (Wildman–Crippen LogP) is 2.46. The minimum Gasteiger partial charge on any atom is -0.379 e. The standard InChI is InChI=1S/C15H18Cl2N2O2/c16-13-2-3-14(17)12(11-13)1-4-15(20)18-5-6-19-7-9-21-10-8-19/h1-4,11H,5-10H2,(H,18,20)/b4-1+. The average molecular weight is 329 g/mol. The van der Waals surface area contributed by atoms with E-state index in [1.807, 2.05) is 0 Å². The minimum absolute atomic E-state index is 0.140. The molecule has 0 aromatic heterocycles. The summed E-state index contributed by atoms with van der Waals surface area (Å²) in [6, 6.07) is 5.14. The summed E-state index contributed by atoms with van der Waals surface area (Å²) in [5.74, 6) is -0.140. The number of ether oxygens (including phenoxy) is 1. The first-order chi connectivity index (χ1) is 10.1. The molecule has 114 valence electrons. The number of nitrogens with zero attached hydrogens (tertiary/aromatic N) is 1. The van der Waals surface area contributed by atoms with Gasteiger partial charge in [-0.25, -0.2) is 0 Å². The number of amides is 1. The second kappa shape index (κ2) is 8.39. The average Bonchev–Trinajstić information content (AvgIpc) is 2.49. The molecule has 0 radical (unpaired) electrons. The van der Waals surface area contributed by atoms with Crippen LogP contribution in [-0.4, -0.2) is 50.2 Å². The van der Waals surface area contributed by atoms with Crippen LogP contribution >= 0.6 is 23.2 Å². The smallest absolute Gasteiger partial charge is 0.244 e. The Hall–Kier alpha value is -1.07. The first-order valence-corrected chi connectivity index (χ1v) is 7.62. The van der Waals surface area contributed by atoms with Crippen LogP contribution in [0.25, 0.3) is 6.08 Å². The van der Waals surface area contributed by atoms with E-state index >= 15 is 0 Å². The van der Waals surface area contributed by atoms with Gasteiger partial charge in [0, 0.05) is 42.3 Å². The first kappa shape index (κ1) is 16.3. The maximum absolute atomic E-state index is 11.7. The predicted molar refractivity (Wildman–Crippen MR) is 85.8 cm³/mol. The third-order valence-electron chi connectivity index (χ3n) is 3.20. The molecule has 0 aliphatic carbocycles. The van der Waals surface area contributed by atoms with E-state index in [0.29, 0.717) is 16.6 Å². The Morgan fingerprint density at radius 2 is 2.10 bits per heavy atom. The number of morpholine rings is 1. The summed E-state index contributed by atoms with van der Waals surface area (Å²) in [6.45, 7) is 4.82. The molecule has 0 atom stereocenters. The topological polar surface area (TPSA) is 41.6 Å². The van der Waals surface area contributed by atoms with Crippen molar-refractivity contribution in [3.05, 3.63) is 39.9 Å². The minimum atomic E-state index is -0.140. The van der Waals surface area contributed by atoms with Crippen molar-refractivity contribution in [2.45, 2.75) is 0 Å². The summed E-state index contributed by atoms with van der Waals surface area (Å²) < 4.78 is 5.27. The van der Waals surface area contributed by atoms with Crippen molar-refractivity contribution < 1.29 is 9.53 Å². The molecule has 1 aromatic carbocycles. The Bertz CT molecular complexity index is 514. The van der Waals surface area contributed by atoms with E-state index in [9.17, 15) is 4.79 Å². The summed E-state index contributed by atoms with van der Waals surface area (Å²) in [5, 5.41) is 4.01. The van der Waals surface area contributed by atoms with Crippen molar-refractivity contribution in [3.8, 4) is 0 Å². The number of hydrogen-bond donors (Lipinski definition) is 1. The summed E-state index contributed by atoms with van der Waals surface area (Å²) >= 11 is 11.9. The molecule has 0 bridgehead atoms. The van der Waals surface area contributed by atoms with Gasteiger partial charge in [0.25, 0.3) is 0 Å². The maximum Gasteiger partial charge on any atom is 0.244 e. The molecule has 1 aliphatic rings. The van der Waals surface area contributed by atoms with Crippen LogP contribution in [0.3, 0.4) is 0 Å². The summed E-state index contributed by atoms with van der Waals surface area (Å²) in [5.41, 5.74) is 0.729. The molecule has 1 amide bonds. The van der Waals surface area contributed by atoms with E-state index in [2.05, 4.69) is 10.2 Å². The van der Waals surface area contributed by atoms with Crippen LogP contribution in [0.2, 0.25) is 10.0 Å². The van der Waals surface area contributed by atoms with Crippen molar-refractivity contribution in [2.75, 3.05) is 39.4 Å². The number of nitrogens with one attached hydrogen (secondary N) is 1. The van der Waals surface area contributed by atoms with E-state index in [4.69, 9.17) is 27.9 Å². The normalized spacial score (nSPS) is 16.3. The number of carbonyl (C=O) groups is 1. The van der Waals surface area contributed by atoms with Crippen molar-refractivity contribution >= 4 is 35.2 Å². The van der Waals surface area contributed by atoms with Crippen molar-refractivity contribution in [2.24, 2.45) is 0 Å². The lowest BCUT2D eigenvalue weighted by molar-refractivity contribution is -0.116. The van der Waals surface area contributed by atoms with Gasteiger partial charge >= 0.3 is 0 Å². The molecule has 1 aliphatic heterocycles. The molecule has 0 unspecified atom stereocenters. The molecule has 6 heteroatoms. The second-order valence-corrected chi connectivity index (χ2v) is 5.59. The highest BCUT2D eigenvalue weighted by molar-refractivity contribution is 6.34. The SMILES string of the molecule is O=C(/C=C/c1cc(Cl)ccc1Cl)NCCN1CCOCC1. The van der Waals surface area contributed by atoms with Crippen LogP contribution < -0.4 is 5.32 Å². The number of rotatable bonds is 5. The highest BCUT2D eigenvalue weighted by Gasteiger charge is 2.09. The van der Waals surface area contributed by atoms with Crippen LogP contribution in [0.15, 0.2) is 24.3 Å². The van der Waals surface area contributed by atoms with Crippen molar-refractivity contribution in [1.29, 1.82) is 0 Å². The van der Waals surface area contributed by atoms with Gasteiger partial charge in [0.05, 0.1) is 13.2 Å². The third-order valence-corrected chi connectivity index (χ3v) is 3.78. The Morgan fingerprint density at radius 3 is 2.86 bits per heavy atom. The molecule has 2 rings (SSSR count). The molecular formula is C15H18Cl2N2O2. The first-order valence-electron chi connectivity index (χ1n) is 6.86. The zero-order chi connectivity index (χ0) is 15.1. The molecule has 0 spiro atoms. The van der Waals surface area contributed by atoms with Gasteiger partial charge in [-0.3, -0.25) is 9.69 Å². The Balaban J connectivity index is 1.75. The number of carbonyl (C=O) groups excluding carboxylic acids is 1. The molecular weight excluding hydrogens is 311 g/mol. The van der Waals surface area contributed by atoms with E-state index < -0.39 is 0 Å². The summed E-state index contributed by atoms with van der Waals surface area (Å²) in [6.07, 6.45) is 3.13. The number of halogens is 2. The highest BCUT2D eigenvalue weighted by atomic mass is 35.5. The fourth-order valence-electron chi connectivity index (χ4n) is 2.03. The van der Waals surface area contributed by atoms with Gasteiger partial charge in [-0.15, -0.1) is 0 Å². The summed E-state index contributed by atoms with van der Waals surface area (Å²) in [7, 11) is 0. The van der Waals surface area contributed by atoms with E-state index in [0.717, 1.165) is 38.4 Å². The lowest BCUT2D eigenvalue weighted by Gasteiger charge is -2.26. The van der Waals surface area contributed by atoms with E-state index in [1.54, 1.807) is 24.3 Å². The third kappa shape index (κ3) is 5.67. The molecule has 1 heterocycles. The van der Waals surface area contributed by atoms with Crippen LogP contribution in [0.1, 0.15) is 5.56 Å². The maximum atomic E-state index is 11.7. The molecule has 1 aromatic rings. The zero-order valence-electron chi connectivity index (χ0n) is 11.6. The summed E-state index contributed by atoms with van der Waals surface area (Å²) in [4.78, 5) is 14.0. The van der Waals surface area contributed by atoms with Crippen LogP contribution in [-0.2, 0) is 9.53 Å². The fourth-order valence-corrected chi connectivity index (χ4v) is 2.39. The molecule has 21 heavy (non-hydrogen) atoms. The Kier molecular flexibility index (Phi) is 6.51. The Labute approximate surface area is 134 Å². The van der Waals surface area contributed by atoms with E-state index in [-0.39, 0.29) is 5.91 Å². The Morgan fingerprint density at radius 1 is 1.33 bits per heavy atom. The largest absolute Gasteiger partial charge is 0.379 e. The monoisotopic (exact) mass is 328 g/mol. The van der Waals surface area contributed by atoms with Gasteiger partial charge in [0.1, 0.15) is 0 Å². The molecule has 4 nitrogen and oxygen atoms in total. The second-order valence-electron chi connectivity index (χ2n) is 4.74. The van der Waals surface area contributed by atoms with Gasteiger partial charge in [0.2, 0.25) is 5.91 Å². The van der Waals surface area contributed by atoms with Gasteiger partial charge in [-0.2, -0.15) is 0 Å². The molecule has 1 N–H and O–H groups in total. The zero-order valence-corrected chi connectivity index (χ0v) is 13.2. The quantitative estimate of drug-likeness (QED) is 0.844. The van der Waals surface area contributed by atoms with Gasteiger partial charge < -0.3 is 10.1 Å². The van der Waals surface area contributed by atoms with Gasteiger partial charge in [-0.05, 0) is 29.8 Å². The van der Waals surface area contributed by atoms with Crippen molar-refractivity contribution in [1.82, 2.24) is 10.2 Å². The molecule has 1 saturated heterocycles. The lowest BCUT2D eigenvalue weighted by Crippen LogP contribution is -2.41. The van der Waals surface area contributed by atoms with Crippen LogP contribution in [0.4, 0.5) is 0 Å². The van der Waals surface area contributed by atoms with Crippen LogP contribution in [0.5, 0.6) is 0 Å². The molecule has 0 saturated carbocycles. The fraction of sp³-hybridized carbons (Fsp3) is 0.400. The van der Waals surface area contributed by atoms with Gasteiger partial charge in [0.15, 0.2) is 0 Å². The van der Waals surface area contributed by atoms with Crippen LogP contribution in [0, 0.1) is 0 Å². The number of benzene rings is 1. The number of hydrogen-bond acceptors (Lipinski definition) is 3. The van der Waals surface area contributed by atoms with E-state index in [1.165, 1.54) is 6.08 Å². The van der Waals surface area contributed by atoms with Gasteiger partial charge in [-0.1, -0.05) is 23.2 Å². The van der Waals surface area contributed by atoms with Crippen molar-refractivity contribution in [3.63, 3.8) is 0 Å². The highest BCUT2D eigenvalue weighted by Crippen LogP contribution is 2.21. The lowest BCUT2D eigenvalue weighted by atomic mass is 10.2.